The van der Waals surface area contributed by atoms with Gasteiger partial charge in [0, 0.05) is 42.2 Å². The third-order valence-corrected chi connectivity index (χ3v) is 6.04. The number of hydrogen-bond acceptors (Lipinski definition) is 5. The molecule has 0 atom stereocenters. The number of alkyl halides is 3. The van der Waals surface area contributed by atoms with Crippen LogP contribution in [0.4, 0.5) is 13.2 Å². The minimum Gasteiger partial charge on any atom is -0.457 e. The van der Waals surface area contributed by atoms with E-state index in [1.54, 1.807) is 56.3 Å². The number of carbonyl (C=O) groups is 3. The number of benzene rings is 3. The van der Waals surface area contributed by atoms with E-state index >= 15 is 0 Å². The fourth-order valence-electron chi connectivity index (χ4n) is 4.24. The molecule has 0 unspecified atom stereocenters. The molecule has 9 heteroatoms. The predicted molar refractivity (Wildman–Crippen MR) is 145 cm³/mol. The van der Waals surface area contributed by atoms with Gasteiger partial charge < -0.3 is 10.1 Å². The van der Waals surface area contributed by atoms with Gasteiger partial charge in [-0.2, -0.15) is 13.2 Å². The van der Waals surface area contributed by atoms with Crippen molar-refractivity contribution in [2.75, 3.05) is 7.05 Å². The third-order valence-electron chi connectivity index (χ3n) is 6.04. The SMILES string of the molecule is CNC(=O)c1cc(Oc2cccc3c(C(=O)Cc4ccc(C(=O)C=C(C)C)c(C(F)(F)F)c4)cccc23)ccn1. The Morgan fingerprint density at radius 2 is 1.65 bits per heavy atom. The van der Waals surface area contributed by atoms with E-state index in [1.807, 2.05) is 0 Å². The Labute approximate surface area is 228 Å². The zero-order valence-corrected chi connectivity index (χ0v) is 21.9. The van der Waals surface area contributed by atoms with Crippen LogP contribution in [0.5, 0.6) is 11.5 Å². The second-order valence-corrected chi connectivity index (χ2v) is 9.28. The molecule has 1 aromatic heterocycles. The van der Waals surface area contributed by atoms with E-state index < -0.39 is 28.9 Å². The van der Waals surface area contributed by atoms with Crippen molar-refractivity contribution in [3.05, 3.63) is 113 Å². The Morgan fingerprint density at radius 1 is 0.925 bits per heavy atom. The molecule has 0 saturated carbocycles. The summed E-state index contributed by atoms with van der Waals surface area (Å²) < 4.78 is 47.4. The third kappa shape index (κ3) is 6.26. The van der Waals surface area contributed by atoms with Crippen molar-refractivity contribution in [2.24, 2.45) is 0 Å². The van der Waals surface area contributed by atoms with Gasteiger partial charge in [-0.3, -0.25) is 19.4 Å². The summed E-state index contributed by atoms with van der Waals surface area (Å²) in [5, 5.41) is 3.65. The van der Waals surface area contributed by atoms with Gasteiger partial charge in [-0.15, -0.1) is 0 Å². The summed E-state index contributed by atoms with van der Waals surface area (Å²) in [6.45, 7) is 3.25. The molecule has 0 fully saturated rings. The van der Waals surface area contributed by atoms with Crippen LogP contribution >= 0.6 is 0 Å². The van der Waals surface area contributed by atoms with Crippen molar-refractivity contribution in [3.63, 3.8) is 0 Å². The second kappa shape index (κ2) is 11.5. The summed E-state index contributed by atoms with van der Waals surface area (Å²) in [4.78, 5) is 41.6. The lowest BCUT2D eigenvalue weighted by molar-refractivity contribution is -0.137. The average Bonchev–Trinajstić information content (AvgIpc) is 2.91. The molecule has 204 valence electrons. The van der Waals surface area contributed by atoms with Crippen LogP contribution in [0, 0.1) is 0 Å². The molecule has 0 bridgehead atoms. The first-order valence-corrected chi connectivity index (χ1v) is 12.3. The molecule has 4 aromatic rings. The van der Waals surface area contributed by atoms with E-state index in [1.165, 1.54) is 25.4 Å². The average molecular weight is 547 g/mol. The molecule has 6 nitrogen and oxygen atoms in total. The van der Waals surface area contributed by atoms with Crippen LogP contribution in [0.1, 0.15) is 56.2 Å². The highest BCUT2D eigenvalue weighted by molar-refractivity contribution is 6.10. The number of nitrogens with one attached hydrogen (secondary N) is 1. The van der Waals surface area contributed by atoms with Gasteiger partial charge in [-0.05, 0) is 49.1 Å². The van der Waals surface area contributed by atoms with Crippen LogP contribution in [0.25, 0.3) is 10.8 Å². The fourth-order valence-corrected chi connectivity index (χ4v) is 4.24. The lowest BCUT2D eigenvalue weighted by Crippen LogP contribution is -2.18. The highest BCUT2D eigenvalue weighted by Crippen LogP contribution is 2.35. The van der Waals surface area contributed by atoms with E-state index in [0.29, 0.717) is 33.4 Å². The van der Waals surface area contributed by atoms with Crippen molar-refractivity contribution >= 4 is 28.2 Å². The van der Waals surface area contributed by atoms with Gasteiger partial charge in [-0.1, -0.05) is 48.0 Å². The maximum atomic E-state index is 13.8. The zero-order chi connectivity index (χ0) is 29.0. The molecule has 0 radical (unpaired) electrons. The van der Waals surface area contributed by atoms with Crippen molar-refractivity contribution in [3.8, 4) is 11.5 Å². The number of Topliss-reactive ketones (excluding diaryl/α,β-unsaturated/α-hetero) is 1. The number of amides is 1. The molecule has 0 aliphatic heterocycles. The van der Waals surface area contributed by atoms with Crippen molar-refractivity contribution in [1.29, 1.82) is 0 Å². The lowest BCUT2D eigenvalue weighted by atomic mass is 9.94. The summed E-state index contributed by atoms with van der Waals surface area (Å²) in [6, 6.07) is 16.5. The van der Waals surface area contributed by atoms with Crippen LogP contribution in [0.2, 0.25) is 0 Å². The van der Waals surface area contributed by atoms with E-state index in [9.17, 15) is 27.6 Å². The lowest BCUT2D eigenvalue weighted by Gasteiger charge is -2.14. The van der Waals surface area contributed by atoms with Gasteiger partial charge in [-0.25, -0.2) is 0 Å². The van der Waals surface area contributed by atoms with Gasteiger partial charge in [0.25, 0.3) is 5.91 Å². The Morgan fingerprint density at radius 3 is 2.35 bits per heavy atom. The first-order valence-electron chi connectivity index (χ1n) is 12.3. The fraction of sp³-hybridized carbons (Fsp3) is 0.161. The number of allylic oxidation sites excluding steroid dienone is 2. The summed E-state index contributed by atoms with van der Waals surface area (Å²) in [5.74, 6) is -0.740. The zero-order valence-electron chi connectivity index (χ0n) is 21.9. The Kier molecular flexibility index (Phi) is 8.13. The molecule has 3 aromatic carbocycles. The number of halogens is 3. The number of ether oxygens (including phenoxy) is 1. The molecular weight excluding hydrogens is 521 g/mol. The van der Waals surface area contributed by atoms with Gasteiger partial charge in [0.05, 0.1) is 5.56 Å². The molecule has 0 aliphatic carbocycles. The van der Waals surface area contributed by atoms with Gasteiger partial charge in [0.2, 0.25) is 0 Å². The largest absolute Gasteiger partial charge is 0.457 e. The number of aromatic nitrogens is 1. The van der Waals surface area contributed by atoms with E-state index in [0.717, 1.165) is 18.2 Å². The van der Waals surface area contributed by atoms with Crippen LogP contribution in [0.3, 0.4) is 0 Å². The number of pyridine rings is 1. The number of hydrogen-bond donors (Lipinski definition) is 1. The molecule has 0 spiro atoms. The number of nitrogens with zero attached hydrogens (tertiary/aromatic N) is 1. The Hall–Kier alpha value is -4.79. The number of rotatable bonds is 8. The Bertz CT molecular complexity index is 1650. The monoisotopic (exact) mass is 546 g/mol. The first kappa shape index (κ1) is 28.2. The quantitative estimate of drug-likeness (QED) is 0.190. The standard InChI is InChI=1S/C31H25F3N2O4/c1-18(2)14-27(37)24-11-10-19(15-25(24)31(32,33)34)16-28(38)22-7-4-8-23-21(22)6-5-9-29(23)40-20-12-13-36-26(17-20)30(39)35-3/h4-15,17H,16H2,1-3H3,(H,35,39). The van der Waals surface area contributed by atoms with Gasteiger partial charge in [0.15, 0.2) is 11.6 Å². The molecule has 0 saturated heterocycles. The van der Waals surface area contributed by atoms with Crippen molar-refractivity contribution in [2.45, 2.75) is 26.4 Å². The van der Waals surface area contributed by atoms with Gasteiger partial charge in [0.1, 0.15) is 17.2 Å². The maximum absolute atomic E-state index is 13.8. The summed E-state index contributed by atoms with van der Waals surface area (Å²) in [7, 11) is 1.49. The van der Waals surface area contributed by atoms with E-state index in [4.69, 9.17) is 4.74 Å². The maximum Gasteiger partial charge on any atom is 0.417 e. The molecule has 4 rings (SSSR count). The smallest absolute Gasteiger partial charge is 0.417 e. The van der Waals surface area contributed by atoms with Crippen molar-refractivity contribution < 1.29 is 32.3 Å². The number of ketones is 2. The molecular formula is C31H25F3N2O4. The van der Waals surface area contributed by atoms with E-state index in [2.05, 4.69) is 10.3 Å². The van der Waals surface area contributed by atoms with Gasteiger partial charge >= 0.3 is 6.18 Å². The van der Waals surface area contributed by atoms with Crippen LogP contribution in [-0.2, 0) is 12.6 Å². The van der Waals surface area contributed by atoms with Crippen LogP contribution in [-0.4, -0.2) is 29.5 Å². The highest BCUT2D eigenvalue weighted by Gasteiger charge is 2.35. The van der Waals surface area contributed by atoms with Crippen LogP contribution in [0.15, 0.2) is 84.6 Å². The minimum atomic E-state index is -4.77. The molecule has 40 heavy (non-hydrogen) atoms. The topological polar surface area (TPSA) is 85.4 Å². The summed E-state index contributed by atoms with van der Waals surface area (Å²) in [6.07, 6.45) is -2.48. The molecule has 1 N–H and O–H groups in total. The molecule has 1 amide bonds. The van der Waals surface area contributed by atoms with E-state index in [-0.39, 0.29) is 23.6 Å². The number of carbonyl (C=O) groups excluding carboxylic acids is 3. The second-order valence-electron chi connectivity index (χ2n) is 9.28. The highest BCUT2D eigenvalue weighted by atomic mass is 19.4. The predicted octanol–water partition coefficient (Wildman–Crippen LogP) is 6.98. The minimum absolute atomic E-state index is 0.133. The van der Waals surface area contributed by atoms with Crippen molar-refractivity contribution in [1.82, 2.24) is 10.3 Å². The van der Waals surface area contributed by atoms with Crippen LogP contribution < -0.4 is 10.1 Å². The first-order chi connectivity index (χ1) is 19.0. The number of fused-ring (bicyclic) bond motifs is 1. The normalized spacial score (nSPS) is 11.2. The molecule has 0 aliphatic rings. The summed E-state index contributed by atoms with van der Waals surface area (Å²) in [5.41, 5.74) is -0.360. The molecule has 1 heterocycles. The Balaban J connectivity index is 1.66. The summed E-state index contributed by atoms with van der Waals surface area (Å²) >= 11 is 0.